The summed E-state index contributed by atoms with van der Waals surface area (Å²) in [5.74, 6) is -1.07. The lowest BCUT2D eigenvalue weighted by Gasteiger charge is -2.29. The van der Waals surface area contributed by atoms with Crippen molar-refractivity contribution in [2.75, 3.05) is 18.6 Å². The van der Waals surface area contributed by atoms with Crippen molar-refractivity contribution in [3.63, 3.8) is 0 Å². The lowest BCUT2D eigenvalue weighted by atomic mass is 9.89. The number of hydrogen-bond donors (Lipinski definition) is 3. The third-order valence-electron chi connectivity index (χ3n) is 5.86. The summed E-state index contributed by atoms with van der Waals surface area (Å²) in [6, 6.07) is 9.61. The zero-order chi connectivity index (χ0) is 25.1. The van der Waals surface area contributed by atoms with Gasteiger partial charge >= 0.3 is 0 Å². The van der Waals surface area contributed by atoms with Crippen LogP contribution in [0.1, 0.15) is 35.4 Å². The molecule has 2 atom stereocenters. The first-order valence-corrected chi connectivity index (χ1v) is 12.9. The van der Waals surface area contributed by atoms with Gasteiger partial charge in [-0.2, -0.15) is 0 Å². The van der Waals surface area contributed by atoms with Gasteiger partial charge in [-0.1, -0.05) is 12.1 Å². The largest absolute Gasteiger partial charge is 0.489 e. The summed E-state index contributed by atoms with van der Waals surface area (Å²) in [6.07, 6.45) is 1.13. The lowest BCUT2D eigenvalue weighted by Crippen LogP contribution is -2.52. The molecular weight excluding hydrogens is 460 g/mol. The van der Waals surface area contributed by atoms with E-state index in [9.17, 15) is 18.0 Å². The van der Waals surface area contributed by atoms with E-state index >= 15 is 0 Å². The van der Waals surface area contributed by atoms with E-state index in [1.54, 1.807) is 24.3 Å². The number of ether oxygens (including phenoxy) is 1. The number of hydrogen-bond acceptors (Lipinski definition) is 8. The van der Waals surface area contributed by atoms with E-state index in [1.807, 2.05) is 26.0 Å². The molecule has 0 bridgehead atoms. The van der Waals surface area contributed by atoms with Crippen LogP contribution in [0.4, 0.5) is 0 Å². The normalized spacial score (nSPS) is 19.2. The topological polar surface area (TPSA) is 152 Å². The maximum atomic E-state index is 13.2. The second kappa shape index (κ2) is 10.1. The molecule has 1 aromatic carbocycles. The number of rotatable bonds is 9. The Bertz CT molecular complexity index is 1150. The average molecular weight is 491 g/mol. The van der Waals surface area contributed by atoms with Crippen LogP contribution in [0, 0.1) is 13.8 Å². The van der Waals surface area contributed by atoms with E-state index in [0.29, 0.717) is 17.9 Å². The third kappa shape index (κ3) is 5.91. The van der Waals surface area contributed by atoms with Crippen molar-refractivity contribution in [1.29, 1.82) is 0 Å². The highest BCUT2D eigenvalue weighted by Crippen LogP contribution is 2.33. The molecule has 2 heterocycles. The number of carbonyl (C=O) groups excluding carboxylic acids is 2. The molecule has 1 aromatic heterocycles. The van der Waals surface area contributed by atoms with Crippen molar-refractivity contribution in [1.82, 2.24) is 15.4 Å². The van der Waals surface area contributed by atoms with Crippen LogP contribution in [0.15, 0.2) is 36.4 Å². The van der Waals surface area contributed by atoms with Gasteiger partial charge in [-0.15, -0.1) is 0 Å². The Morgan fingerprint density at radius 3 is 2.44 bits per heavy atom. The molecule has 0 radical (unpaired) electrons. The van der Waals surface area contributed by atoms with Crippen LogP contribution in [0.25, 0.3) is 0 Å². The highest BCUT2D eigenvalue weighted by atomic mass is 32.2. The maximum Gasteiger partial charge on any atom is 0.266 e. The number of amides is 2. The Kier molecular flexibility index (Phi) is 7.59. The summed E-state index contributed by atoms with van der Waals surface area (Å²) in [6.45, 7) is 4.35. The monoisotopic (exact) mass is 490 g/mol. The Hall–Kier alpha value is -3.02. The van der Waals surface area contributed by atoms with E-state index in [4.69, 9.17) is 15.7 Å². The van der Waals surface area contributed by atoms with Gasteiger partial charge in [0.1, 0.15) is 33.8 Å². The Labute approximate surface area is 199 Å². The highest BCUT2D eigenvalue weighted by molar-refractivity contribution is 7.90. The molecule has 2 unspecified atom stereocenters. The number of benzene rings is 1. The van der Waals surface area contributed by atoms with Crippen molar-refractivity contribution < 1.29 is 28.0 Å². The quantitative estimate of drug-likeness (QED) is 0.347. The SMILES string of the molecule is Cc1cc(COc2ccc(C3(N)CCN(C(CCS(C)(=O)=O)C(=O)NO)C3=O)cc2)cc(C)n1. The summed E-state index contributed by atoms with van der Waals surface area (Å²) in [4.78, 5) is 31.0. The van der Waals surface area contributed by atoms with Crippen LogP contribution in [0.2, 0.25) is 0 Å². The Balaban J connectivity index is 1.72. The van der Waals surface area contributed by atoms with Crippen LogP contribution in [0.3, 0.4) is 0 Å². The van der Waals surface area contributed by atoms with Gasteiger partial charge in [-0.25, -0.2) is 13.9 Å². The van der Waals surface area contributed by atoms with Gasteiger partial charge < -0.3 is 15.4 Å². The molecule has 1 aliphatic rings. The molecule has 0 saturated carbocycles. The summed E-state index contributed by atoms with van der Waals surface area (Å²) >= 11 is 0. The molecule has 1 saturated heterocycles. The van der Waals surface area contributed by atoms with Crippen LogP contribution >= 0.6 is 0 Å². The second-order valence-corrected chi connectivity index (χ2v) is 11.0. The number of carbonyl (C=O) groups is 2. The van der Waals surface area contributed by atoms with E-state index in [0.717, 1.165) is 23.2 Å². The average Bonchev–Trinajstić information content (AvgIpc) is 3.07. The molecule has 2 amide bonds. The lowest BCUT2D eigenvalue weighted by molar-refractivity contribution is -0.144. The van der Waals surface area contributed by atoms with Gasteiger partial charge in [0.15, 0.2) is 0 Å². The van der Waals surface area contributed by atoms with Crippen molar-refractivity contribution in [3.8, 4) is 5.75 Å². The fourth-order valence-corrected chi connectivity index (χ4v) is 4.83. The number of likely N-dealkylation sites (tertiary alicyclic amines) is 1. The molecule has 2 aromatic rings. The van der Waals surface area contributed by atoms with Gasteiger partial charge in [0.25, 0.3) is 5.91 Å². The number of pyridine rings is 1. The summed E-state index contributed by atoms with van der Waals surface area (Å²) in [7, 11) is -3.37. The zero-order valence-corrected chi connectivity index (χ0v) is 20.3. The highest BCUT2D eigenvalue weighted by Gasteiger charge is 2.48. The molecule has 0 spiro atoms. The number of hydroxylamine groups is 1. The number of nitrogens with two attached hydrogens (primary N) is 1. The number of aromatic nitrogens is 1. The van der Waals surface area contributed by atoms with E-state index in [1.165, 1.54) is 10.4 Å². The van der Waals surface area contributed by atoms with E-state index in [-0.39, 0.29) is 25.1 Å². The first kappa shape index (κ1) is 25.6. The van der Waals surface area contributed by atoms with Crippen LogP contribution in [0.5, 0.6) is 5.75 Å². The van der Waals surface area contributed by atoms with Gasteiger partial charge in [0.05, 0.1) is 5.75 Å². The fraction of sp³-hybridized carbons (Fsp3) is 0.435. The summed E-state index contributed by atoms with van der Waals surface area (Å²) < 4.78 is 29.0. The Morgan fingerprint density at radius 2 is 1.88 bits per heavy atom. The minimum absolute atomic E-state index is 0.145. The Morgan fingerprint density at radius 1 is 1.26 bits per heavy atom. The van der Waals surface area contributed by atoms with Gasteiger partial charge in [0.2, 0.25) is 5.91 Å². The molecular formula is C23H30N4O6S. The smallest absolute Gasteiger partial charge is 0.266 e. The van der Waals surface area contributed by atoms with Crippen LogP contribution < -0.4 is 16.0 Å². The number of nitrogens with zero attached hydrogens (tertiary/aromatic N) is 2. The maximum absolute atomic E-state index is 13.2. The second-order valence-electron chi connectivity index (χ2n) is 8.70. The van der Waals surface area contributed by atoms with Gasteiger partial charge in [0, 0.05) is 24.2 Å². The van der Waals surface area contributed by atoms with Crippen molar-refractivity contribution in [3.05, 3.63) is 58.9 Å². The molecule has 4 N–H and O–H groups in total. The van der Waals surface area contributed by atoms with E-state index in [2.05, 4.69) is 4.98 Å². The van der Waals surface area contributed by atoms with Crippen molar-refractivity contribution >= 4 is 21.7 Å². The zero-order valence-electron chi connectivity index (χ0n) is 19.4. The molecule has 1 fully saturated rings. The summed E-state index contributed by atoms with van der Waals surface area (Å²) in [5.41, 5.74) is 9.98. The molecule has 3 rings (SSSR count). The molecule has 10 nitrogen and oxygen atoms in total. The molecule has 1 aliphatic heterocycles. The summed E-state index contributed by atoms with van der Waals surface area (Å²) in [5, 5.41) is 9.09. The minimum Gasteiger partial charge on any atom is -0.489 e. The molecule has 11 heteroatoms. The first-order valence-electron chi connectivity index (χ1n) is 10.8. The minimum atomic E-state index is -3.37. The van der Waals surface area contributed by atoms with Crippen LogP contribution in [-0.4, -0.2) is 59.9 Å². The number of sulfone groups is 1. The van der Waals surface area contributed by atoms with Crippen LogP contribution in [-0.2, 0) is 31.6 Å². The predicted octanol–water partition coefficient (Wildman–Crippen LogP) is 0.972. The standard InChI is InChI=1S/C23H30N4O6S/c1-15-12-17(13-16(2)25-15)14-33-19-6-4-18(5-7-19)23(24)9-10-27(22(23)29)20(21(28)26-30)8-11-34(3,31)32/h4-7,12-13,20,30H,8-11,14,24H2,1-3H3,(H,26,28). The van der Waals surface area contributed by atoms with Crippen molar-refractivity contribution in [2.24, 2.45) is 5.73 Å². The van der Waals surface area contributed by atoms with E-state index < -0.39 is 33.2 Å². The predicted molar refractivity (Wildman–Crippen MR) is 125 cm³/mol. The van der Waals surface area contributed by atoms with Gasteiger partial charge in [-0.05, 0) is 62.1 Å². The fourth-order valence-electron chi connectivity index (χ4n) is 4.17. The molecule has 184 valence electrons. The van der Waals surface area contributed by atoms with Gasteiger partial charge in [-0.3, -0.25) is 19.8 Å². The van der Waals surface area contributed by atoms with Crippen molar-refractivity contribution in [2.45, 2.75) is 44.9 Å². The number of aryl methyl sites for hydroxylation is 2. The molecule has 0 aliphatic carbocycles. The third-order valence-corrected chi connectivity index (χ3v) is 6.83. The molecule has 34 heavy (non-hydrogen) atoms. The first-order chi connectivity index (χ1) is 15.9. The number of nitrogens with one attached hydrogen (secondary N) is 1.